The molecule has 2 atom stereocenters. The summed E-state index contributed by atoms with van der Waals surface area (Å²) in [5.41, 5.74) is 0.465. The maximum absolute atomic E-state index is 12.6. The van der Waals surface area contributed by atoms with Gasteiger partial charge in [0.25, 0.3) is 5.91 Å². The molecule has 2 aliphatic heterocycles. The number of nitrogens with zero attached hydrogens (tertiary/aromatic N) is 3. The van der Waals surface area contributed by atoms with Crippen LogP contribution in [-0.2, 0) is 0 Å². The van der Waals surface area contributed by atoms with E-state index in [1.807, 2.05) is 4.90 Å². The minimum atomic E-state index is 0.0338. The molecule has 0 radical (unpaired) electrons. The van der Waals surface area contributed by atoms with Crippen molar-refractivity contribution in [3.05, 3.63) is 24.0 Å². The number of nitrogens with one attached hydrogen (secondary N) is 1. The lowest BCUT2D eigenvalue weighted by molar-refractivity contribution is 0.0539. The summed E-state index contributed by atoms with van der Waals surface area (Å²) in [6.45, 7) is 1.92. The molecule has 0 spiro atoms. The summed E-state index contributed by atoms with van der Waals surface area (Å²) in [6, 6.07) is 4.30. The lowest BCUT2D eigenvalue weighted by Gasteiger charge is -2.40. The molecule has 0 bridgehead atoms. The second-order valence-electron chi connectivity index (χ2n) is 5.37. The topological polar surface area (TPSA) is 58.1 Å². The quantitative estimate of drug-likeness (QED) is 0.825. The predicted molar refractivity (Wildman–Crippen MR) is 71.7 cm³/mol. The Kier molecular flexibility index (Phi) is 3.73. The van der Waals surface area contributed by atoms with Gasteiger partial charge in [-0.3, -0.25) is 4.79 Å². The molecule has 1 amide bonds. The Morgan fingerprint density at radius 3 is 3.11 bits per heavy atom. The SMILES string of the molecule is O=C(c1cccnn1)N1CCC[C@H]2NCCCC[C@@H]21. The number of fused-ring (bicyclic) bond motifs is 1. The number of rotatable bonds is 1. The zero-order valence-electron chi connectivity index (χ0n) is 11.1. The molecule has 5 nitrogen and oxygen atoms in total. The van der Waals surface area contributed by atoms with Gasteiger partial charge in [0.05, 0.1) is 0 Å². The molecular formula is C14H20N4O. The van der Waals surface area contributed by atoms with Crippen LogP contribution >= 0.6 is 0 Å². The van der Waals surface area contributed by atoms with Crippen molar-refractivity contribution in [3.8, 4) is 0 Å². The highest BCUT2D eigenvalue weighted by molar-refractivity contribution is 5.92. The third-order valence-corrected chi connectivity index (χ3v) is 4.16. The van der Waals surface area contributed by atoms with Gasteiger partial charge in [-0.15, -0.1) is 5.10 Å². The molecule has 0 unspecified atom stereocenters. The van der Waals surface area contributed by atoms with Crippen molar-refractivity contribution in [2.24, 2.45) is 0 Å². The molecule has 2 saturated heterocycles. The summed E-state index contributed by atoms with van der Waals surface area (Å²) in [6.07, 6.45) is 7.35. The Morgan fingerprint density at radius 1 is 1.32 bits per heavy atom. The third kappa shape index (κ3) is 2.61. The van der Waals surface area contributed by atoms with Gasteiger partial charge in [-0.05, 0) is 44.4 Å². The molecule has 0 saturated carbocycles. The molecule has 0 aromatic carbocycles. The number of hydrogen-bond donors (Lipinski definition) is 1. The van der Waals surface area contributed by atoms with Gasteiger partial charge in [-0.2, -0.15) is 5.10 Å². The molecule has 0 aliphatic carbocycles. The number of amides is 1. The molecule has 5 heteroatoms. The minimum absolute atomic E-state index is 0.0338. The van der Waals surface area contributed by atoms with Crippen molar-refractivity contribution >= 4 is 5.91 Å². The van der Waals surface area contributed by atoms with Crippen molar-refractivity contribution < 1.29 is 4.79 Å². The molecule has 1 aromatic heterocycles. The van der Waals surface area contributed by atoms with Crippen molar-refractivity contribution in [3.63, 3.8) is 0 Å². The molecule has 3 rings (SSSR count). The van der Waals surface area contributed by atoms with Crippen LogP contribution in [0.1, 0.15) is 42.6 Å². The van der Waals surface area contributed by atoms with Crippen LogP contribution in [0.5, 0.6) is 0 Å². The van der Waals surface area contributed by atoms with Gasteiger partial charge < -0.3 is 10.2 Å². The smallest absolute Gasteiger partial charge is 0.274 e. The second-order valence-corrected chi connectivity index (χ2v) is 5.37. The monoisotopic (exact) mass is 260 g/mol. The van der Waals surface area contributed by atoms with E-state index in [-0.39, 0.29) is 5.91 Å². The van der Waals surface area contributed by atoms with Gasteiger partial charge in [0, 0.05) is 24.8 Å². The molecule has 19 heavy (non-hydrogen) atoms. The maximum atomic E-state index is 12.6. The van der Waals surface area contributed by atoms with E-state index in [9.17, 15) is 4.79 Å². The van der Waals surface area contributed by atoms with Crippen molar-refractivity contribution in [2.45, 2.75) is 44.2 Å². The van der Waals surface area contributed by atoms with Crippen LogP contribution in [0.2, 0.25) is 0 Å². The lowest BCUT2D eigenvalue weighted by Crippen LogP contribution is -2.55. The Bertz CT molecular complexity index is 436. The Balaban J connectivity index is 1.80. The Labute approximate surface area is 113 Å². The third-order valence-electron chi connectivity index (χ3n) is 4.16. The van der Waals surface area contributed by atoms with Crippen LogP contribution in [0.3, 0.4) is 0 Å². The van der Waals surface area contributed by atoms with Gasteiger partial charge in [0.1, 0.15) is 0 Å². The average molecular weight is 260 g/mol. The summed E-state index contributed by atoms with van der Waals surface area (Å²) in [4.78, 5) is 14.6. The standard InChI is InChI=1S/C14H20N4O/c19-14(12-5-3-9-16-17-12)18-10-4-6-11-13(18)7-1-2-8-15-11/h3,5,9,11,13,15H,1-2,4,6-8,10H2/t11-,13+/m1/s1. The van der Waals surface area contributed by atoms with Gasteiger partial charge in [0.15, 0.2) is 5.69 Å². The van der Waals surface area contributed by atoms with E-state index in [0.29, 0.717) is 17.8 Å². The fraction of sp³-hybridized carbons (Fsp3) is 0.643. The first-order valence-electron chi connectivity index (χ1n) is 7.18. The Morgan fingerprint density at radius 2 is 2.26 bits per heavy atom. The largest absolute Gasteiger partial charge is 0.333 e. The number of piperidine rings is 1. The molecular weight excluding hydrogens is 240 g/mol. The molecule has 2 aliphatic rings. The van der Waals surface area contributed by atoms with Crippen molar-refractivity contribution in [1.29, 1.82) is 0 Å². The van der Waals surface area contributed by atoms with E-state index < -0.39 is 0 Å². The lowest BCUT2D eigenvalue weighted by atomic mass is 9.93. The summed E-state index contributed by atoms with van der Waals surface area (Å²) in [5, 5.41) is 11.4. The van der Waals surface area contributed by atoms with Crippen LogP contribution in [0.4, 0.5) is 0 Å². The molecule has 1 N–H and O–H groups in total. The van der Waals surface area contributed by atoms with Crippen LogP contribution in [0.25, 0.3) is 0 Å². The number of carbonyl (C=O) groups is 1. The zero-order valence-corrected chi connectivity index (χ0v) is 11.1. The fourth-order valence-electron chi connectivity index (χ4n) is 3.23. The van der Waals surface area contributed by atoms with E-state index in [2.05, 4.69) is 15.5 Å². The second kappa shape index (κ2) is 5.65. The number of likely N-dealkylation sites (tertiary alicyclic amines) is 1. The molecule has 3 heterocycles. The van der Waals surface area contributed by atoms with Gasteiger partial charge in [-0.1, -0.05) is 6.42 Å². The van der Waals surface area contributed by atoms with E-state index in [1.54, 1.807) is 18.3 Å². The summed E-state index contributed by atoms with van der Waals surface area (Å²) in [7, 11) is 0. The normalized spacial score (nSPS) is 27.5. The predicted octanol–water partition coefficient (Wildman–Crippen LogP) is 1.22. The molecule has 102 valence electrons. The van der Waals surface area contributed by atoms with Gasteiger partial charge >= 0.3 is 0 Å². The first-order chi connectivity index (χ1) is 9.36. The first kappa shape index (κ1) is 12.5. The maximum Gasteiger partial charge on any atom is 0.274 e. The first-order valence-corrected chi connectivity index (χ1v) is 7.18. The van der Waals surface area contributed by atoms with E-state index >= 15 is 0 Å². The highest BCUT2D eigenvalue weighted by Gasteiger charge is 2.35. The van der Waals surface area contributed by atoms with Gasteiger partial charge in [0.2, 0.25) is 0 Å². The van der Waals surface area contributed by atoms with E-state index in [4.69, 9.17) is 0 Å². The highest BCUT2D eigenvalue weighted by Crippen LogP contribution is 2.25. The number of carbonyl (C=O) groups excluding carboxylic acids is 1. The zero-order chi connectivity index (χ0) is 13.1. The number of hydrogen-bond acceptors (Lipinski definition) is 4. The van der Waals surface area contributed by atoms with Crippen molar-refractivity contribution in [2.75, 3.05) is 13.1 Å². The van der Waals surface area contributed by atoms with Crippen LogP contribution in [0.15, 0.2) is 18.3 Å². The van der Waals surface area contributed by atoms with Gasteiger partial charge in [-0.25, -0.2) is 0 Å². The Hall–Kier alpha value is -1.49. The minimum Gasteiger partial charge on any atom is -0.333 e. The van der Waals surface area contributed by atoms with E-state index in [0.717, 1.165) is 25.9 Å². The molecule has 2 fully saturated rings. The highest BCUT2D eigenvalue weighted by atomic mass is 16.2. The number of aromatic nitrogens is 2. The average Bonchev–Trinajstić information content (AvgIpc) is 2.72. The summed E-state index contributed by atoms with van der Waals surface area (Å²) in [5.74, 6) is 0.0338. The molecule has 1 aromatic rings. The van der Waals surface area contributed by atoms with Crippen LogP contribution < -0.4 is 5.32 Å². The summed E-state index contributed by atoms with van der Waals surface area (Å²) < 4.78 is 0. The fourth-order valence-corrected chi connectivity index (χ4v) is 3.23. The van der Waals surface area contributed by atoms with Crippen LogP contribution in [-0.4, -0.2) is 46.2 Å². The summed E-state index contributed by atoms with van der Waals surface area (Å²) >= 11 is 0. The van der Waals surface area contributed by atoms with Crippen LogP contribution in [0, 0.1) is 0 Å². The van der Waals surface area contributed by atoms with Crippen molar-refractivity contribution in [1.82, 2.24) is 20.4 Å². The van der Waals surface area contributed by atoms with E-state index in [1.165, 1.54) is 19.3 Å².